The van der Waals surface area contributed by atoms with Crippen LogP contribution < -0.4 is 15.5 Å². The molecule has 0 spiro atoms. The lowest BCUT2D eigenvalue weighted by Gasteiger charge is -2.28. The van der Waals surface area contributed by atoms with Gasteiger partial charge in [0, 0.05) is 43.6 Å². The van der Waals surface area contributed by atoms with E-state index in [9.17, 15) is 0 Å². The van der Waals surface area contributed by atoms with Gasteiger partial charge in [0.2, 0.25) is 0 Å². The monoisotopic (exact) mass is 426 g/mol. The minimum atomic E-state index is 0.775. The number of nitrogens with one attached hydrogen (secondary N) is 2. The Balaban J connectivity index is 1.30. The largest absolute Gasteiger partial charge is 0.378 e. The summed E-state index contributed by atoms with van der Waals surface area (Å²) >= 11 is 0. The van der Waals surface area contributed by atoms with E-state index in [1.807, 2.05) is 12.4 Å². The third-order valence-electron chi connectivity index (χ3n) is 6.37. The third kappa shape index (κ3) is 3.39. The first-order valence-electron chi connectivity index (χ1n) is 11.1. The highest BCUT2D eigenvalue weighted by molar-refractivity contribution is 5.76. The molecule has 0 saturated carbocycles. The van der Waals surface area contributed by atoms with Crippen molar-refractivity contribution in [3.05, 3.63) is 71.7 Å². The highest BCUT2D eigenvalue weighted by Gasteiger charge is 2.21. The van der Waals surface area contributed by atoms with Gasteiger partial charge in [-0.05, 0) is 53.9 Å². The van der Waals surface area contributed by atoms with Crippen LogP contribution in [0.4, 0.5) is 17.2 Å². The van der Waals surface area contributed by atoms with Gasteiger partial charge < -0.3 is 20.3 Å². The van der Waals surface area contributed by atoms with Crippen molar-refractivity contribution in [3.63, 3.8) is 0 Å². The van der Waals surface area contributed by atoms with Crippen molar-refractivity contribution in [2.24, 2.45) is 0 Å². The van der Waals surface area contributed by atoms with Gasteiger partial charge in [-0.1, -0.05) is 6.07 Å². The number of morpholine rings is 1. The van der Waals surface area contributed by atoms with Crippen LogP contribution in [-0.2, 0) is 17.8 Å². The van der Waals surface area contributed by atoms with E-state index in [1.165, 1.54) is 22.3 Å². The highest BCUT2D eigenvalue weighted by atomic mass is 16.5. The van der Waals surface area contributed by atoms with E-state index in [1.54, 1.807) is 0 Å². The fraction of sp³-hybridized carbons (Fsp3) is 0.280. The molecule has 2 aliphatic rings. The van der Waals surface area contributed by atoms with Crippen molar-refractivity contribution >= 4 is 22.8 Å². The lowest BCUT2D eigenvalue weighted by atomic mass is 9.99. The minimum absolute atomic E-state index is 0.775. The van der Waals surface area contributed by atoms with Crippen molar-refractivity contribution in [2.45, 2.75) is 20.0 Å². The number of aryl methyl sites for hydroxylation is 1. The zero-order valence-electron chi connectivity index (χ0n) is 18.1. The number of aromatic nitrogens is 3. The SMILES string of the molecule is Cc1ccn2c(-c3ccc(Nc4ccc(N5CCOCC5)cn4)c4c3CNC4)cnc2c1. The van der Waals surface area contributed by atoms with Crippen LogP contribution in [0.5, 0.6) is 0 Å². The molecule has 32 heavy (non-hydrogen) atoms. The molecule has 2 aliphatic heterocycles. The molecule has 1 saturated heterocycles. The van der Waals surface area contributed by atoms with Gasteiger partial charge in [0.05, 0.1) is 37.0 Å². The predicted octanol–water partition coefficient (Wildman–Crippen LogP) is 3.89. The second kappa shape index (κ2) is 7.93. The van der Waals surface area contributed by atoms with Crippen molar-refractivity contribution in [2.75, 3.05) is 36.5 Å². The van der Waals surface area contributed by atoms with E-state index >= 15 is 0 Å². The summed E-state index contributed by atoms with van der Waals surface area (Å²) in [7, 11) is 0. The first-order valence-corrected chi connectivity index (χ1v) is 11.1. The van der Waals surface area contributed by atoms with Crippen LogP contribution in [0.1, 0.15) is 16.7 Å². The first kappa shape index (κ1) is 19.3. The lowest BCUT2D eigenvalue weighted by molar-refractivity contribution is 0.122. The zero-order valence-corrected chi connectivity index (χ0v) is 18.1. The van der Waals surface area contributed by atoms with E-state index in [0.717, 1.165) is 67.9 Å². The zero-order chi connectivity index (χ0) is 21.5. The molecule has 5 heterocycles. The molecule has 162 valence electrons. The lowest BCUT2D eigenvalue weighted by Crippen LogP contribution is -2.36. The second-order valence-corrected chi connectivity index (χ2v) is 8.42. The molecule has 0 bridgehead atoms. The smallest absolute Gasteiger partial charge is 0.137 e. The molecule has 6 rings (SSSR count). The molecular weight excluding hydrogens is 400 g/mol. The van der Waals surface area contributed by atoms with E-state index in [0.29, 0.717) is 0 Å². The standard InChI is InChI=1S/C25H26N6O/c1-17-6-7-31-23(16-28-25(31)12-17)19-3-4-22(21-15-26-14-20(19)21)29-24-5-2-18(13-27-24)30-8-10-32-11-9-30/h2-7,12-13,16,26H,8-11,14-15H2,1H3,(H,27,29). The number of rotatable bonds is 4. The van der Waals surface area contributed by atoms with Gasteiger partial charge in [-0.25, -0.2) is 9.97 Å². The maximum absolute atomic E-state index is 5.45. The Morgan fingerprint density at radius 2 is 1.84 bits per heavy atom. The van der Waals surface area contributed by atoms with Crippen molar-refractivity contribution < 1.29 is 4.74 Å². The van der Waals surface area contributed by atoms with E-state index < -0.39 is 0 Å². The average molecular weight is 427 g/mol. The Hall–Kier alpha value is -3.42. The maximum Gasteiger partial charge on any atom is 0.137 e. The number of nitrogens with zero attached hydrogens (tertiary/aromatic N) is 4. The summed E-state index contributed by atoms with van der Waals surface area (Å²) in [5.41, 5.74) is 9.40. The third-order valence-corrected chi connectivity index (χ3v) is 6.37. The summed E-state index contributed by atoms with van der Waals surface area (Å²) in [6.07, 6.45) is 6.02. The molecule has 7 heteroatoms. The Bertz CT molecular complexity index is 1270. The summed E-state index contributed by atoms with van der Waals surface area (Å²) < 4.78 is 7.61. The number of imidazole rings is 1. The van der Waals surface area contributed by atoms with Crippen molar-refractivity contribution in [1.29, 1.82) is 0 Å². The molecule has 0 aliphatic carbocycles. The Kier molecular flexibility index (Phi) is 4.78. The summed E-state index contributed by atoms with van der Waals surface area (Å²) in [4.78, 5) is 11.6. The molecule has 1 fully saturated rings. The van der Waals surface area contributed by atoms with Crippen LogP contribution in [0.25, 0.3) is 16.9 Å². The quantitative estimate of drug-likeness (QED) is 0.516. The predicted molar refractivity (Wildman–Crippen MR) is 126 cm³/mol. The molecule has 0 atom stereocenters. The Morgan fingerprint density at radius 1 is 0.969 bits per heavy atom. The molecule has 3 aromatic heterocycles. The first-order chi connectivity index (χ1) is 15.8. The molecule has 0 amide bonds. The van der Waals surface area contributed by atoms with Crippen LogP contribution in [0.15, 0.2) is 55.0 Å². The van der Waals surface area contributed by atoms with E-state index in [4.69, 9.17) is 4.74 Å². The van der Waals surface area contributed by atoms with Crippen molar-refractivity contribution in [1.82, 2.24) is 19.7 Å². The van der Waals surface area contributed by atoms with Gasteiger partial charge in [-0.15, -0.1) is 0 Å². The van der Waals surface area contributed by atoms with Gasteiger partial charge in [-0.2, -0.15) is 0 Å². The van der Waals surface area contributed by atoms with Gasteiger partial charge >= 0.3 is 0 Å². The number of fused-ring (bicyclic) bond motifs is 2. The number of ether oxygens (including phenoxy) is 1. The Morgan fingerprint density at radius 3 is 2.69 bits per heavy atom. The fourth-order valence-electron chi connectivity index (χ4n) is 4.65. The number of hydrogen-bond donors (Lipinski definition) is 2. The van der Waals surface area contributed by atoms with Crippen molar-refractivity contribution in [3.8, 4) is 11.3 Å². The number of hydrogen-bond acceptors (Lipinski definition) is 6. The molecular formula is C25H26N6O. The maximum atomic E-state index is 5.45. The van der Waals surface area contributed by atoms with Crippen LogP contribution in [-0.4, -0.2) is 40.7 Å². The molecule has 0 radical (unpaired) electrons. The summed E-state index contributed by atoms with van der Waals surface area (Å²) in [5, 5.41) is 7.05. The molecule has 4 aromatic rings. The second-order valence-electron chi connectivity index (χ2n) is 8.42. The minimum Gasteiger partial charge on any atom is -0.378 e. The molecule has 1 aromatic carbocycles. The average Bonchev–Trinajstić information content (AvgIpc) is 3.48. The topological polar surface area (TPSA) is 66.7 Å². The van der Waals surface area contributed by atoms with Gasteiger partial charge in [-0.3, -0.25) is 4.40 Å². The van der Waals surface area contributed by atoms with Gasteiger partial charge in [0.15, 0.2) is 0 Å². The summed E-state index contributed by atoms with van der Waals surface area (Å²) in [6, 6.07) is 12.8. The number of anilines is 3. The summed E-state index contributed by atoms with van der Waals surface area (Å²) in [5.74, 6) is 0.856. The van der Waals surface area contributed by atoms with Crippen LogP contribution in [0.2, 0.25) is 0 Å². The molecule has 7 nitrogen and oxygen atoms in total. The van der Waals surface area contributed by atoms with Crippen LogP contribution >= 0.6 is 0 Å². The molecule has 2 N–H and O–H groups in total. The Labute approximate surface area is 187 Å². The van der Waals surface area contributed by atoms with E-state index in [2.05, 4.69) is 79.4 Å². The van der Waals surface area contributed by atoms with Crippen LogP contribution in [0.3, 0.4) is 0 Å². The summed E-state index contributed by atoms with van der Waals surface area (Å²) in [6.45, 7) is 7.17. The molecule has 0 unspecified atom stereocenters. The normalized spacial score (nSPS) is 15.8. The fourth-order valence-corrected chi connectivity index (χ4v) is 4.65. The number of pyridine rings is 2. The van der Waals surface area contributed by atoms with E-state index in [-0.39, 0.29) is 0 Å². The van der Waals surface area contributed by atoms with Crippen LogP contribution in [0, 0.1) is 6.92 Å². The van der Waals surface area contributed by atoms with Gasteiger partial charge in [0.25, 0.3) is 0 Å². The van der Waals surface area contributed by atoms with Gasteiger partial charge in [0.1, 0.15) is 11.5 Å². The number of benzene rings is 1. The highest BCUT2D eigenvalue weighted by Crippen LogP contribution is 2.35.